The monoisotopic (exact) mass is 381 g/mol. The summed E-state index contributed by atoms with van der Waals surface area (Å²) in [5.41, 5.74) is -0.458. The van der Waals surface area contributed by atoms with Crippen molar-refractivity contribution in [1.82, 2.24) is 4.98 Å². The van der Waals surface area contributed by atoms with Gasteiger partial charge in [-0.25, -0.2) is 14.6 Å². The number of ether oxygens (including phenoxy) is 4. The van der Waals surface area contributed by atoms with Crippen molar-refractivity contribution in [2.45, 2.75) is 33.6 Å². The summed E-state index contributed by atoms with van der Waals surface area (Å²) < 4.78 is 19.6. The van der Waals surface area contributed by atoms with Gasteiger partial charge in [-0.15, -0.1) is 0 Å². The molecule has 27 heavy (non-hydrogen) atoms. The number of carbonyl (C=O) groups is 4. The minimum absolute atomic E-state index is 0.0213. The van der Waals surface area contributed by atoms with E-state index in [1.54, 1.807) is 27.7 Å². The molecule has 0 aromatic carbocycles. The minimum atomic E-state index is -1.48. The smallest absolute Gasteiger partial charge is 0.356 e. The van der Waals surface area contributed by atoms with E-state index in [1.807, 2.05) is 0 Å². The zero-order chi connectivity index (χ0) is 20.4. The van der Waals surface area contributed by atoms with Gasteiger partial charge in [0.1, 0.15) is 11.4 Å². The predicted octanol–water partition coefficient (Wildman–Crippen LogP) is 1.64. The lowest BCUT2D eigenvalue weighted by Crippen LogP contribution is -2.27. The van der Waals surface area contributed by atoms with E-state index in [2.05, 4.69) is 4.98 Å². The largest absolute Gasteiger partial charge is 0.465 e. The van der Waals surface area contributed by atoms with E-state index in [-0.39, 0.29) is 43.4 Å². The molecule has 0 aliphatic rings. The Kier molecular flexibility index (Phi) is 8.91. The summed E-state index contributed by atoms with van der Waals surface area (Å²) in [4.78, 5) is 52.7. The maximum Gasteiger partial charge on any atom is 0.356 e. The average Bonchev–Trinajstić information content (AvgIpc) is 2.62. The Hall–Kier alpha value is -2.97. The highest BCUT2D eigenvalue weighted by Crippen LogP contribution is 2.22. The van der Waals surface area contributed by atoms with Crippen LogP contribution in [0.3, 0.4) is 0 Å². The standard InChI is InChI=1S/C18H23NO8/c1-5-24-15(20)12-9-11(10-13(19-12)16(21)25-6-2)14(17(22)26-7-3)18(23)27-8-4/h9-10,14H,5-8H2,1-4H3. The van der Waals surface area contributed by atoms with Crippen LogP contribution < -0.4 is 0 Å². The Balaban J connectivity index is 3.49. The van der Waals surface area contributed by atoms with E-state index < -0.39 is 29.8 Å². The number of pyridine rings is 1. The number of carbonyl (C=O) groups excluding carboxylic acids is 4. The fraction of sp³-hybridized carbons (Fsp3) is 0.500. The molecule has 9 heteroatoms. The maximum absolute atomic E-state index is 12.3. The summed E-state index contributed by atoms with van der Waals surface area (Å²) in [5, 5.41) is 0. The number of nitrogens with zero attached hydrogens (tertiary/aromatic N) is 1. The average molecular weight is 381 g/mol. The topological polar surface area (TPSA) is 118 Å². The highest BCUT2D eigenvalue weighted by Gasteiger charge is 2.33. The van der Waals surface area contributed by atoms with Gasteiger partial charge in [0.05, 0.1) is 26.4 Å². The fourth-order valence-corrected chi connectivity index (χ4v) is 2.16. The molecule has 0 amide bonds. The van der Waals surface area contributed by atoms with Crippen LogP contribution in [0.1, 0.15) is 60.2 Å². The van der Waals surface area contributed by atoms with Crippen LogP contribution in [-0.4, -0.2) is 55.3 Å². The fourth-order valence-electron chi connectivity index (χ4n) is 2.16. The molecular weight excluding hydrogens is 358 g/mol. The van der Waals surface area contributed by atoms with Crippen molar-refractivity contribution in [3.63, 3.8) is 0 Å². The van der Waals surface area contributed by atoms with Crippen molar-refractivity contribution in [2.75, 3.05) is 26.4 Å². The van der Waals surface area contributed by atoms with E-state index in [0.29, 0.717) is 0 Å². The van der Waals surface area contributed by atoms with Gasteiger partial charge >= 0.3 is 23.9 Å². The normalized spacial score (nSPS) is 10.3. The molecule has 0 bridgehead atoms. The summed E-state index contributed by atoms with van der Waals surface area (Å²) >= 11 is 0. The van der Waals surface area contributed by atoms with Crippen LogP contribution >= 0.6 is 0 Å². The lowest BCUT2D eigenvalue weighted by atomic mass is 9.98. The Morgan fingerprint density at radius 1 is 0.741 bits per heavy atom. The second-order valence-electron chi connectivity index (χ2n) is 5.05. The van der Waals surface area contributed by atoms with Gasteiger partial charge in [0.25, 0.3) is 0 Å². The number of hydrogen-bond donors (Lipinski definition) is 0. The first-order chi connectivity index (χ1) is 12.9. The second-order valence-corrected chi connectivity index (χ2v) is 5.05. The van der Waals surface area contributed by atoms with Crippen LogP contribution in [0.5, 0.6) is 0 Å². The van der Waals surface area contributed by atoms with Crippen LogP contribution in [0.25, 0.3) is 0 Å². The maximum atomic E-state index is 12.3. The van der Waals surface area contributed by atoms with Gasteiger partial charge in [-0.05, 0) is 45.4 Å². The van der Waals surface area contributed by atoms with Crippen molar-refractivity contribution >= 4 is 23.9 Å². The molecule has 0 saturated carbocycles. The van der Waals surface area contributed by atoms with Gasteiger partial charge in [-0.1, -0.05) is 0 Å². The number of aromatic nitrogens is 1. The number of hydrogen-bond acceptors (Lipinski definition) is 9. The van der Waals surface area contributed by atoms with Gasteiger partial charge < -0.3 is 18.9 Å². The van der Waals surface area contributed by atoms with Crippen LogP contribution in [0.15, 0.2) is 12.1 Å². The van der Waals surface area contributed by atoms with Gasteiger partial charge in [0.15, 0.2) is 5.92 Å². The van der Waals surface area contributed by atoms with E-state index in [4.69, 9.17) is 18.9 Å². The van der Waals surface area contributed by atoms with E-state index in [0.717, 1.165) is 0 Å². The summed E-state index contributed by atoms with van der Waals surface area (Å²) in [5.74, 6) is -4.83. The molecule has 0 spiro atoms. The molecule has 0 saturated heterocycles. The lowest BCUT2D eigenvalue weighted by Gasteiger charge is -2.16. The zero-order valence-corrected chi connectivity index (χ0v) is 15.8. The minimum Gasteiger partial charge on any atom is -0.465 e. The molecule has 0 aliphatic carbocycles. The SMILES string of the molecule is CCOC(=O)c1cc(C(C(=O)OCC)C(=O)OCC)cc(C(=O)OCC)n1. The van der Waals surface area contributed by atoms with Gasteiger partial charge in [0, 0.05) is 0 Å². The van der Waals surface area contributed by atoms with Crippen LogP contribution in [0, 0.1) is 0 Å². The van der Waals surface area contributed by atoms with Gasteiger partial charge in [-0.2, -0.15) is 0 Å². The van der Waals surface area contributed by atoms with Crippen molar-refractivity contribution < 1.29 is 38.1 Å². The van der Waals surface area contributed by atoms with E-state index in [1.165, 1.54) is 12.1 Å². The summed E-state index contributed by atoms with van der Waals surface area (Å²) in [6.07, 6.45) is 0. The van der Waals surface area contributed by atoms with E-state index >= 15 is 0 Å². The summed E-state index contributed by atoms with van der Waals surface area (Å²) in [6.45, 7) is 6.62. The Labute approximate surface area is 156 Å². The van der Waals surface area contributed by atoms with Crippen LogP contribution in [-0.2, 0) is 28.5 Å². The number of rotatable bonds is 9. The molecule has 1 heterocycles. The molecule has 0 N–H and O–H groups in total. The molecule has 1 aromatic rings. The van der Waals surface area contributed by atoms with Crippen molar-refractivity contribution in [3.8, 4) is 0 Å². The molecule has 0 radical (unpaired) electrons. The van der Waals surface area contributed by atoms with Gasteiger partial charge in [0.2, 0.25) is 0 Å². The third-order valence-electron chi connectivity index (χ3n) is 3.19. The predicted molar refractivity (Wildman–Crippen MR) is 92.2 cm³/mol. The summed E-state index contributed by atoms with van der Waals surface area (Å²) in [6, 6.07) is 2.39. The Bertz CT molecular complexity index is 646. The molecule has 148 valence electrons. The van der Waals surface area contributed by atoms with E-state index in [9.17, 15) is 19.2 Å². The third kappa shape index (κ3) is 6.05. The van der Waals surface area contributed by atoms with Crippen LogP contribution in [0.2, 0.25) is 0 Å². The molecule has 1 rings (SSSR count). The molecule has 0 fully saturated rings. The Morgan fingerprint density at radius 3 is 1.44 bits per heavy atom. The van der Waals surface area contributed by atoms with Crippen molar-refractivity contribution in [3.05, 3.63) is 29.1 Å². The third-order valence-corrected chi connectivity index (χ3v) is 3.19. The first-order valence-corrected chi connectivity index (χ1v) is 8.58. The van der Waals surface area contributed by atoms with Crippen molar-refractivity contribution in [1.29, 1.82) is 0 Å². The second kappa shape index (κ2) is 10.9. The van der Waals surface area contributed by atoms with Gasteiger partial charge in [-0.3, -0.25) is 9.59 Å². The lowest BCUT2D eigenvalue weighted by molar-refractivity contribution is -0.156. The zero-order valence-electron chi connectivity index (χ0n) is 15.8. The highest BCUT2D eigenvalue weighted by molar-refractivity contribution is 6.02. The first-order valence-electron chi connectivity index (χ1n) is 8.58. The van der Waals surface area contributed by atoms with Crippen LogP contribution in [0.4, 0.5) is 0 Å². The quantitative estimate of drug-likeness (QED) is 0.357. The first kappa shape index (κ1) is 22.1. The molecule has 1 aromatic heterocycles. The molecular formula is C18H23NO8. The van der Waals surface area contributed by atoms with Crippen molar-refractivity contribution in [2.24, 2.45) is 0 Å². The summed E-state index contributed by atoms with van der Waals surface area (Å²) in [7, 11) is 0. The number of esters is 4. The molecule has 0 aliphatic heterocycles. The Morgan fingerprint density at radius 2 is 1.11 bits per heavy atom. The highest BCUT2D eigenvalue weighted by atomic mass is 16.6. The molecule has 0 unspecified atom stereocenters. The molecule has 9 nitrogen and oxygen atoms in total. The molecule has 0 atom stereocenters.